The molecule has 1 atom stereocenters. The van der Waals surface area contributed by atoms with Crippen molar-refractivity contribution >= 4 is 34.0 Å². The van der Waals surface area contributed by atoms with Crippen LogP contribution in [0.4, 0.5) is 10.7 Å². The second kappa shape index (κ2) is 11.6. The molecule has 0 aliphatic carbocycles. The number of rotatable bonds is 6. The number of nitrogens with one attached hydrogen (secondary N) is 2. The highest BCUT2D eigenvalue weighted by Crippen LogP contribution is 2.24. The van der Waals surface area contributed by atoms with E-state index in [1.54, 1.807) is 25.4 Å². The summed E-state index contributed by atoms with van der Waals surface area (Å²) in [6.07, 6.45) is 4.77. The fourth-order valence-corrected chi connectivity index (χ4v) is 5.51. The van der Waals surface area contributed by atoms with E-state index in [2.05, 4.69) is 10.3 Å². The van der Waals surface area contributed by atoms with E-state index in [1.807, 2.05) is 62.3 Å². The van der Waals surface area contributed by atoms with E-state index in [0.717, 1.165) is 23.0 Å². The number of hydrogen-bond donors (Lipinski definition) is 2. The van der Waals surface area contributed by atoms with Gasteiger partial charge in [-0.1, -0.05) is 29.8 Å². The maximum Gasteiger partial charge on any atom is 0.407 e. The maximum atomic E-state index is 14.0. The fourth-order valence-electron chi connectivity index (χ4n) is 5.51. The molecular formula is C31H39N7O5. The van der Waals surface area contributed by atoms with Crippen molar-refractivity contribution in [2.75, 3.05) is 18.0 Å². The van der Waals surface area contributed by atoms with Crippen LogP contribution >= 0.6 is 0 Å². The first-order chi connectivity index (χ1) is 20.3. The molecule has 1 aliphatic rings. The second-order valence-electron chi connectivity index (χ2n) is 12.4. The van der Waals surface area contributed by atoms with E-state index in [1.165, 1.54) is 4.57 Å². The molecule has 43 heavy (non-hydrogen) atoms. The largest absolute Gasteiger partial charge is 0.444 e. The Hall–Kier alpha value is -4.61. The van der Waals surface area contributed by atoms with Crippen LogP contribution in [0, 0.1) is 0 Å². The highest BCUT2D eigenvalue weighted by molar-refractivity contribution is 5.84. The molecule has 3 aromatic heterocycles. The van der Waals surface area contributed by atoms with E-state index in [9.17, 15) is 19.2 Å². The molecule has 1 aromatic carbocycles. The SMILES string of the molecule is CC(C)=CCn1c(N2CCCC(NC(=O)OC(C)(C)C)C2)nc2[nH]c(=O)n(Cc3cn(C)c(=O)c4ccccc34)c(=O)c21. The summed E-state index contributed by atoms with van der Waals surface area (Å²) >= 11 is 0. The smallest absolute Gasteiger partial charge is 0.407 e. The Morgan fingerprint density at radius 3 is 2.53 bits per heavy atom. The van der Waals surface area contributed by atoms with Crippen LogP contribution in [-0.2, 0) is 24.9 Å². The van der Waals surface area contributed by atoms with Gasteiger partial charge in [0.25, 0.3) is 11.1 Å². The van der Waals surface area contributed by atoms with Crippen LogP contribution in [0.15, 0.2) is 56.5 Å². The van der Waals surface area contributed by atoms with E-state index in [0.29, 0.717) is 41.9 Å². The van der Waals surface area contributed by atoms with Gasteiger partial charge in [-0.15, -0.1) is 0 Å². The molecule has 5 rings (SSSR count). The van der Waals surface area contributed by atoms with Gasteiger partial charge >= 0.3 is 11.8 Å². The predicted octanol–water partition coefficient (Wildman–Crippen LogP) is 3.25. The Morgan fingerprint density at radius 1 is 1.12 bits per heavy atom. The molecule has 12 nitrogen and oxygen atoms in total. The fraction of sp³-hybridized carbons (Fsp3) is 0.452. The van der Waals surface area contributed by atoms with Crippen molar-refractivity contribution in [2.24, 2.45) is 7.05 Å². The minimum atomic E-state index is -0.608. The number of anilines is 1. The van der Waals surface area contributed by atoms with E-state index in [4.69, 9.17) is 9.72 Å². The number of fused-ring (bicyclic) bond motifs is 2. The molecule has 12 heteroatoms. The molecule has 0 radical (unpaired) electrons. The lowest BCUT2D eigenvalue weighted by Gasteiger charge is -2.34. The summed E-state index contributed by atoms with van der Waals surface area (Å²) in [4.78, 5) is 62.1. The topological polar surface area (TPSA) is 136 Å². The molecule has 1 aliphatic heterocycles. The molecule has 228 valence electrons. The summed E-state index contributed by atoms with van der Waals surface area (Å²) in [5, 5.41) is 4.16. The predicted molar refractivity (Wildman–Crippen MR) is 167 cm³/mol. The third kappa shape index (κ3) is 6.27. The minimum absolute atomic E-state index is 0.0203. The van der Waals surface area contributed by atoms with Crippen LogP contribution in [0.25, 0.3) is 21.9 Å². The molecule has 4 heterocycles. The number of aromatic amines is 1. The zero-order valence-corrected chi connectivity index (χ0v) is 25.6. The maximum absolute atomic E-state index is 14.0. The zero-order valence-electron chi connectivity index (χ0n) is 25.6. The van der Waals surface area contributed by atoms with Gasteiger partial charge in [-0.05, 0) is 64.5 Å². The molecule has 0 bridgehead atoms. The molecule has 0 saturated carbocycles. The number of carbonyl (C=O) groups is 1. The average Bonchev–Trinajstić information content (AvgIpc) is 3.29. The lowest BCUT2D eigenvalue weighted by molar-refractivity contribution is 0.0499. The molecular weight excluding hydrogens is 550 g/mol. The Balaban J connectivity index is 1.57. The molecule has 1 unspecified atom stereocenters. The van der Waals surface area contributed by atoms with Gasteiger partial charge in [-0.3, -0.25) is 19.1 Å². The van der Waals surface area contributed by atoms with Crippen LogP contribution < -0.4 is 27.0 Å². The first kappa shape index (κ1) is 29.9. The molecule has 0 spiro atoms. The highest BCUT2D eigenvalue weighted by Gasteiger charge is 2.28. The number of ether oxygens (including phenoxy) is 1. The van der Waals surface area contributed by atoms with Crippen LogP contribution in [0.5, 0.6) is 0 Å². The standard InChI is InChI=1S/C31H39N7O5/c1-19(2)13-15-37-24-25(33-28(37)36-14-9-10-21(18-36)32-30(42)43-31(3,4)5)34-29(41)38(27(24)40)17-20-16-35(6)26(39)23-12-8-7-11-22(20)23/h7-8,11-13,16,21H,9-10,14-15,17-18H2,1-6H3,(H,32,42)(H,34,41). The molecule has 4 aromatic rings. The van der Waals surface area contributed by atoms with Crippen LogP contribution in [0.1, 0.15) is 53.0 Å². The number of nitrogens with zero attached hydrogens (tertiary/aromatic N) is 5. The Kier molecular flexibility index (Phi) is 8.04. The molecule has 2 N–H and O–H groups in total. The van der Waals surface area contributed by atoms with E-state index >= 15 is 0 Å². The van der Waals surface area contributed by atoms with Gasteiger partial charge in [0.05, 0.1) is 6.54 Å². The van der Waals surface area contributed by atoms with Crippen molar-refractivity contribution in [3.63, 3.8) is 0 Å². The third-order valence-corrected chi connectivity index (χ3v) is 7.47. The summed E-state index contributed by atoms with van der Waals surface area (Å²) in [6, 6.07) is 7.00. The third-order valence-electron chi connectivity index (χ3n) is 7.47. The van der Waals surface area contributed by atoms with Crippen LogP contribution in [0.3, 0.4) is 0 Å². The second-order valence-corrected chi connectivity index (χ2v) is 12.4. The Labute approximate surface area is 248 Å². The molecule has 1 amide bonds. The number of allylic oxidation sites excluding steroid dienone is 2. The number of pyridine rings is 1. The highest BCUT2D eigenvalue weighted by atomic mass is 16.6. The zero-order chi connectivity index (χ0) is 31.1. The van der Waals surface area contributed by atoms with Gasteiger partial charge in [0, 0.05) is 44.3 Å². The summed E-state index contributed by atoms with van der Waals surface area (Å²) in [5.74, 6) is 0.543. The Bertz CT molecular complexity index is 1900. The van der Waals surface area contributed by atoms with Gasteiger partial charge in [0.2, 0.25) is 5.95 Å². The first-order valence-corrected chi connectivity index (χ1v) is 14.5. The van der Waals surface area contributed by atoms with Crippen molar-refractivity contribution in [2.45, 2.75) is 72.2 Å². The number of piperidine rings is 1. The Morgan fingerprint density at radius 2 is 1.84 bits per heavy atom. The number of benzene rings is 1. The summed E-state index contributed by atoms with van der Waals surface area (Å²) in [5.41, 5.74) is 0.406. The van der Waals surface area contributed by atoms with Crippen molar-refractivity contribution in [1.29, 1.82) is 0 Å². The number of aryl methyl sites for hydroxylation is 1. The van der Waals surface area contributed by atoms with E-state index < -0.39 is 22.9 Å². The number of amides is 1. The van der Waals surface area contributed by atoms with E-state index in [-0.39, 0.29) is 29.3 Å². The van der Waals surface area contributed by atoms with Gasteiger partial charge in [0.1, 0.15) is 5.60 Å². The van der Waals surface area contributed by atoms with Crippen molar-refractivity contribution in [1.82, 2.24) is 29.0 Å². The van der Waals surface area contributed by atoms with Crippen molar-refractivity contribution < 1.29 is 9.53 Å². The summed E-state index contributed by atoms with van der Waals surface area (Å²) < 4.78 is 9.89. The number of hydrogen-bond acceptors (Lipinski definition) is 7. The van der Waals surface area contributed by atoms with Crippen molar-refractivity contribution in [3.8, 4) is 0 Å². The molecule has 1 saturated heterocycles. The number of aromatic nitrogens is 5. The normalized spacial score (nSPS) is 15.6. The van der Waals surface area contributed by atoms with Gasteiger partial charge in [-0.2, -0.15) is 4.98 Å². The van der Waals surface area contributed by atoms with Crippen LogP contribution in [0.2, 0.25) is 0 Å². The number of H-pyrrole nitrogens is 1. The lowest BCUT2D eigenvalue weighted by Crippen LogP contribution is -2.49. The lowest BCUT2D eigenvalue weighted by atomic mass is 10.1. The van der Waals surface area contributed by atoms with Gasteiger partial charge in [-0.25, -0.2) is 9.59 Å². The number of carbonyl (C=O) groups excluding carboxylic acids is 1. The summed E-state index contributed by atoms with van der Waals surface area (Å²) in [7, 11) is 1.65. The quantitative estimate of drug-likeness (QED) is 0.330. The summed E-state index contributed by atoms with van der Waals surface area (Å²) in [6.45, 7) is 10.9. The van der Waals surface area contributed by atoms with Gasteiger partial charge in [0.15, 0.2) is 11.2 Å². The number of alkyl carbamates (subject to hydrolysis) is 1. The van der Waals surface area contributed by atoms with Crippen molar-refractivity contribution in [3.05, 3.63) is 78.9 Å². The average molecular weight is 590 g/mol. The van der Waals surface area contributed by atoms with Crippen LogP contribution in [-0.4, -0.2) is 54.5 Å². The molecule has 1 fully saturated rings. The number of imidazole rings is 1. The monoisotopic (exact) mass is 589 g/mol. The first-order valence-electron chi connectivity index (χ1n) is 14.5. The minimum Gasteiger partial charge on any atom is -0.444 e. The van der Waals surface area contributed by atoms with Gasteiger partial charge < -0.3 is 24.1 Å².